The molecule has 1 amide bonds. The maximum atomic E-state index is 13.9. The largest absolute Gasteiger partial charge is 0.481 e. The molecular formula is C25H27N3O5S. The zero-order valence-electron chi connectivity index (χ0n) is 19.3. The maximum Gasteiger partial charge on any atom is 0.412 e. The summed E-state index contributed by atoms with van der Waals surface area (Å²) in [6.45, 7) is 5.62. The number of carboxylic acid groups (broad SMARTS) is 1. The predicted octanol–water partition coefficient (Wildman–Crippen LogP) is 4.75. The van der Waals surface area contributed by atoms with Crippen molar-refractivity contribution in [1.82, 2.24) is 14.5 Å². The number of Topliss-reactive ketones (excluding diaryl/α,β-unsaturated/α-hetero) is 1. The minimum atomic E-state index is -0.909. The summed E-state index contributed by atoms with van der Waals surface area (Å²) in [6, 6.07) is 10.4. The molecular weight excluding hydrogens is 454 g/mol. The van der Waals surface area contributed by atoms with E-state index >= 15 is 0 Å². The van der Waals surface area contributed by atoms with Gasteiger partial charge in [-0.15, -0.1) is 11.8 Å². The summed E-state index contributed by atoms with van der Waals surface area (Å²) < 4.78 is 7.46. The number of carbonyl (C=O) groups is 3. The van der Waals surface area contributed by atoms with Gasteiger partial charge in [0.05, 0.1) is 6.42 Å². The molecule has 8 nitrogen and oxygen atoms in total. The molecule has 0 spiro atoms. The SMILES string of the molecule is CC(C)(C)OC(=O)N1C(c2cccnc2)SC[C@H]1C(=O)c1cn(CCC(=O)O)c2ccccc12. The number of ether oxygens (including phenoxy) is 1. The molecule has 2 aromatic heterocycles. The highest BCUT2D eigenvalue weighted by atomic mass is 32.2. The van der Waals surface area contributed by atoms with Gasteiger partial charge in [0.1, 0.15) is 17.0 Å². The highest BCUT2D eigenvalue weighted by Gasteiger charge is 2.45. The minimum absolute atomic E-state index is 0.0568. The summed E-state index contributed by atoms with van der Waals surface area (Å²) in [5, 5.41) is 9.44. The van der Waals surface area contributed by atoms with Crippen LogP contribution in [-0.4, -0.2) is 54.8 Å². The lowest BCUT2D eigenvalue weighted by molar-refractivity contribution is -0.137. The molecule has 0 aliphatic carbocycles. The molecule has 34 heavy (non-hydrogen) atoms. The van der Waals surface area contributed by atoms with Crippen LogP contribution in [0.5, 0.6) is 0 Å². The second-order valence-electron chi connectivity index (χ2n) is 9.14. The molecule has 0 saturated carbocycles. The number of fused-ring (bicyclic) bond motifs is 1. The summed E-state index contributed by atoms with van der Waals surface area (Å²) in [5.74, 6) is -0.699. The second-order valence-corrected chi connectivity index (χ2v) is 10.2. The van der Waals surface area contributed by atoms with Crippen molar-refractivity contribution in [1.29, 1.82) is 0 Å². The van der Waals surface area contributed by atoms with Crippen LogP contribution in [0.3, 0.4) is 0 Å². The van der Waals surface area contributed by atoms with Crippen molar-refractivity contribution in [2.75, 3.05) is 5.75 Å². The number of benzene rings is 1. The molecule has 0 bridgehead atoms. The topological polar surface area (TPSA) is 102 Å². The number of ketones is 1. The molecule has 9 heteroatoms. The zero-order valence-corrected chi connectivity index (χ0v) is 20.1. The smallest absolute Gasteiger partial charge is 0.412 e. The Labute approximate surface area is 201 Å². The number of rotatable bonds is 6. The molecule has 1 unspecified atom stereocenters. The third-order valence-corrected chi connectivity index (χ3v) is 6.82. The van der Waals surface area contributed by atoms with Crippen LogP contribution in [0.2, 0.25) is 0 Å². The molecule has 1 aliphatic rings. The van der Waals surface area contributed by atoms with Crippen LogP contribution >= 0.6 is 11.8 Å². The molecule has 4 rings (SSSR count). The van der Waals surface area contributed by atoms with E-state index in [1.165, 1.54) is 16.7 Å². The molecule has 1 aromatic carbocycles. The van der Waals surface area contributed by atoms with Crippen molar-refractivity contribution in [2.45, 2.75) is 50.8 Å². The molecule has 1 N–H and O–H groups in total. The van der Waals surface area contributed by atoms with E-state index in [1.54, 1.807) is 50.0 Å². The van der Waals surface area contributed by atoms with Crippen LogP contribution in [0.1, 0.15) is 48.5 Å². The van der Waals surface area contributed by atoms with Crippen molar-refractivity contribution in [3.05, 3.63) is 66.1 Å². The average molecular weight is 482 g/mol. The van der Waals surface area contributed by atoms with E-state index in [9.17, 15) is 14.4 Å². The normalized spacial score (nSPS) is 18.3. The van der Waals surface area contributed by atoms with Gasteiger partial charge in [-0.2, -0.15) is 0 Å². The Morgan fingerprint density at radius 3 is 2.62 bits per heavy atom. The van der Waals surface area contributed by atoms with Crippen molar-refractivity contribution < 1.29 is 24.2 Å². The zero-order chi connectivity index (χ0) is 24.5. The van der Waals surface area contributed by atoms with Gasteiger partial charge >= 0.3 is 12.1 Å². The van der Waals surface area contributed by atoms with Gasteiger partial charge in [-0.1, -0.05) is 24.3 Å². The number of pyridine rings is 1. The van der Waals surface area contributed by atoms with E-state index in [0.29, 0.717) is 11.3 Å². The van der Waals surface area contributed by atoms with Crippen LogP contribution in [0.4, 0.5) is 4.79 Å². The molecule has 1 aliphatic heterocycles. The fourth-order valence-electron chi connectivity index (χ4n) is 4.05. The van der Waals surface area contributed by atoms with Gasteiger partial charge in [-0.25, -0.2) is 4.79 Å². The van der Waals surface area contributed by atoms with Gasteiger partial charge in [0.25, 0.3) is 0 Å². The third kappa shape index (κ3) is 4.94. The quantitative estimate of drug-likeness (QED) is 0.507. The van der Waals surface area contributed by atoms with Crippen molar-refractivity contribution in [2.24, 2.45) is 0 Å². The van der Waals surface area contributed by atoms with Gasteiger partial charge in [-0.3, -0.25) is 19.5 Å². The lowest BCUT2D eigenvalue weighted by Gasteiger charge is -2.31. The molecule has 0 radical (unpaired) electrons. The van der Waals surface area contributed by atoms with Crippen LogP contribution in [-0.2, 0) is 16.1 Å². The van der Waals surface area contributed by atoms with Gasteiger partial charge in [0.15, 0.2) is 5.78 Å². The van der Waals surface area contributed by atoms with E-state index < -0.39 is 29.1 Å². The lowest BCUT2D eigenvalue weighted by atomic mass is 10.0. The van der Waals surface area contributed by atoms with E-state index in [4.69, 9.17) is 9.84 Å². The monoisotopic (exact) mass is 481 g/mol. The van der Waals surface area contributed by atoms with Crippen LogP contribution in [0.15, 0.2) is 55.0 Å². The first-order valence-corrected chi connectivity index (χ1v) is 12.1. The molecule has 2 atom stereocenters. The first kappa shape index (κ1) is 23.8. The summed E-state index contributed by atoms with van der Waals surface area (Å²) >= 11 is 1.50. The van der Waals surface area contributed by atoms with Crippen LogP contribution < -0.4 is 0 Å². The summed E-state index contributed by atoms with van der Waals surface area (Å²) in [5.41, 5.74) is 1.35. The Bertz CT molecular complexity index is 1220. The molecule has 3 aromatic rings. The number of carboxylic acids is 1. The summed E-state index contributed by atoms with van der Waals surface area (Å²) in [7, 11) is 0. The number of aliphatic carboxylic acids is 1. The van der Waals surface area contributed by atoms with E-state index in [-0.39, 0.29) is 18.7 Å². The Kier molecular flexibility index (Phi) is 6.65. The number of para-hydroxylation sites is 1. The van der Waals surface area contributed by atoms with Crippen LogP contribution in [0.25, 0.3) is 10.9 Å². The van der Waals surface area contributed by atoms with E-state index in [0.717, 1.165) is 16.5 Å². The second kappa shape index (κ2) is 9.50. The summed E-state index contributed by atoms with van der Waals surface area (Å²) in [6.07, 6.45) is 4.44. The number of carbonyl (C=O) groups excluding carboxylic acids is 2. The van der Waals surface area contributed by atoms with Gasteiger partial charge in [-0.05, 0) is 32.9 Å². The molecule has 178 valence electrons. The van der Waals surface area contributed by atoms with Gasteiger partial charge in [0, 0.05) is 52.9 Å². The lowest BCUT2D eigenvalue weighted by Crippen LogP contribution is -2.45. The molecule has 3 heterocycles. The van der Waals surface area contributed by atoms with Crippen molar-refractivity contribution in [3.63, 3.8) is 0 Å². The Balaban J connectivity index is 1.72. The van der Waals surface area contributed by atoms with E-state index in [1.807, 2.05) is 30.3 Å². The number of amides is 1. The van der Waals surface area contributed by atoms with Crippen molar-refractivity contribution in [3.8, 4) is 0 Å². The highest BCUT2D eigenvalue weighted by Crippen LogP contribution is 2.43. The van der Waals surface area contributed by atoms with Gasteiger partial charge < -0.3 is 14.4 Å². The number of thioether (sulfide) groups is 1. The molecule has 1 fully saturated rings. The standard InChI is InChI=1S/C25H27N3O5S/c1-25(2,3)33-24(32)28-20(15-34-23(28)16-7-6-11-26-13-16)22(31)18-14-27(12-10-21(29)30)19-9-5-4-8-17(18)19/h4-9,11,13-14,20,23H,10,12,15H2,1-3H3,(H,29,30)/t20-,23?/m0/s1. The molecule has 1 saturated heterocycles. The third-order valence-electron chi connectivity index (χ3n) is 5.50. The fourth-order valence-corrected chi connectivity index (χ4v) is 5.45. The Hall–Kier alpha value is -3.33. The van der Waals surface area contributed by atoms with E-state index in [2.05, 4.69) is 4.98 Å². The number of hydrogen-bond donors (Lipinski definition) is 1. The Morgan fingerprint density at radius 1 is 1.18 bits per heavy atom. The first-order valence-electron chi connectivity index (χ1n) is 11.0. The number of hydrogen-bond acceptors (Lipinski definition) is 6. The number of aromatic nitrogens is 2. The van der Waals surface area contributed by atoms with Gasteiger partial charge in [0.2, 0.25) is 0 Å². The Morgan fingerprint density at radius 2 is 1.94 bits per heavy atom. The minimum Gasteiger partial charge on any atom is -0.481 e. The maximum absolute atomic E-state index is 13.9. The average Bonchev–Trinajstić information content (AvgIpc) is 3.39. The highest BCUT2D eigenvalue weighted by molar-refractivity contribution is 7.99. The predicted molar refractivity (Wildman–Crippen MR) is 130 cm³/mol. The summed E-state index contributed by atoms with van der Waals surface area (Å²) in [4.78, 5) is 44.0. The number of aryl methyl sites for hydroxylation is 1. The number of nitrogens with zero attached hydrogens (tertiary/aromatic N) is 3. The van der Waals surface area contributed by atoms with Crippen LogP contribution in [0, 0.1) is 0 Å². The fraction of sp³-hybridized carbons (Fsp3) is 0.360. The first-order chi connectivity index (χ1) is 16.2. The van der Waals surface area contributed by atoms with Crippen molar-refractivity contribution >= 4 is 40.5 Å².